The van der Waals surface area contributed by atoms with Gasteiger partial charge in [-0.25, -0.2) is 13.2 Å². The average Bonchev–Trinajstić information content (AvgIpc) is 2.90. The number of sulfonamides is 1. The topological polar surface area (TPSA) is 90.9 Å². The van der Waals surface area contributed by atoms with Gasteiger partial charge in [0.05, 0.1) is 37.8 Å². The normalized spacial score (nSPS) is 16.1. The van der Waals surface area contributed by atoms with Gasteiger partial charge in [-0.2, -0.15) is 0 Å². The van der Waals surface area contributed by atoms with Crippen LogP contribution in [-0.2, 0) is 24.2 Å². The number of anilines is 1. The Kier molecular flexibility index (Phi) is 4.26. The quantitative estimate of drug-likeness (QED) is 0.831. The van der Waals surface area contributed by atoms with Crippen molar-refractivity contribution in [3.05, 3.63) is 29.3 Å². The molecule has 8 heteroatoms. The van der Waals surface area contributed by atoms with Crippen molar-refractivity contribution in [2.45, 2.75) is 6.29 Å². The Balaban J connectivity index is 2.42. The van der Waals surface area contributed by atoms with Crippen molar-refractivity contribution in [2.24, 2.45) is 0 Å². The number of hydrogen-bond acceptors (Lipinski definition) is 6. The monoisotopic (exact) mass is 301 g/mol. The minimum Gasteiger partial charge on any atom is -0.465 e. The zero-order chi connectivity index (χ0) is 14.8. The molecule has 0 atom stereocenters. The summed E-state index contributed by atoms with van der Waals surface area (Å²) in [5.41, 5.74) is 1.04. The van der Waals surface area contributed by atoms with Crippen molar-refractivity contribution in [1.29, 1.82) is 0 Å². The number of carbonyl (C=O) groups excluding carboxylic acids is 1. The summed E-state index contributed by atoms with van der Waals surface area (Å²) in [6, 6.07) is 4.45. The number of benzene rings is 1. The van der Waals surface area contributed by atoms with Crippen molar-refractivity contribution in [2.75, 3.05) is 31.3 Å². The van der Waals surface area contributed by atoms with E-state index in [2.05, 4.69) is 9.46 Å². The smallest absolute Gasteiger partial charge is 0.337 e. The van der Waals surface area contributed by atoms with Crippen molar-refractivity contribution >= 4 is 21.7 Å². The van der Waals surface area contributed by atoms with Crippen LogP contribution in [0.15, 0.2) is 18.2 Å². The van der Waals surface area contributed by atoms with Crippen LogP contribution in [0.5, 0.6) is 0 Å². The molecule has 0 unspecified atom stereocenters. The molecular formula is C12H15NO6S. The molecule has 1 fully saturated rings. The number of rotatable bonds is 4. The number of nitrogens with one attached hydrogen (secondary N) is 1. The van der Waals surface area contributed by atoms with Crippen molar-refractivity contribution in [1.82, 2.24) is 0 Å². The molecule has 0 bridgehead atoms. The summed E-state index contributed by atoms with van der Waals surface area (Å²) in [5, 5.41) is 0. The van der Waals surface area contributed by atoms with Gasteiger partial charge in [0.25, 0.3) is 0 Å². The molecule has 2 rings (SSSR count). The molecule has 1 aromatic carbocycles. The molecular weight excluding hydrogens is 286 g/mol. The van der Waals surface area contributed by atoms with Gasteiger partial charge in [-0.3, -0.25) is 4.72 Å². The third-order valence-electron chi connectivity index (χ3n) is 2.64. The maximum absolute atomic E-state index is 11.5. The maximum atomic E-state index is 11.5. The summed E-state index contributed by atoms with van der Waals surface area (Å²) in [6.07, 6.45) is 0.338. The van der Waals surface area contributed by atoms with Gasteiger partial charge >= 0.3 is 5.97 Å². The van der Waals surface area contributed by atoms with Crippen LogP contribution in [0, 0.1) is 0 Å². The van der Waals surface area contributed by atoms with E-state index in [1.54, 1.807) is 0 Å². The van der Waals surface area contributed by atoms with Crippen LogP contribution in [0.2, 0.25) is 0 Å². The molecule has 20 heavy (non-hydrogen) atoms. The lowest BCUT2D eigenvalue weighted by molar-refractivity contribution is -0.0435. The molecule has 1 N–H and O–H groups in total. The molecule has 0 amide bonds. The Labute approximate surface area is 116 Å². The Morgan fingerprint density at radius 3 is 2.55 bits per heavy atom. The lowest BCUT2D eigenvalue weighted by Gasteiger charge is -2.16. The van der Waals surface area contributed by atoms with Crippen molar-refractivity contribution in [3.63, 3.8) is 0 Å². The van der Waals surface area contributed by atoms with Gasteiger partial charge in [0, 0.05) is 5.56 Å². The maximum Gasteiger partial charge on any atom is 0.337 e. The van der Waals surface area contributed by atoms with E-state index in [-0.39, 0.29) is 0 Å². The first-order valence-electron chi connectivity index (χ1n) is 5.84. The van der Waals surface area contributed by atoms with Gasteiger partial charge in [0.2, 0.25) is 10.0 Å². The van der Waals surface area contributed by atoms with Crippen LogP contribution in [0.1, 0.15) is 22.2 Å². The summed E-state index contributed by atoms with van der Waals surface area (Å²) >= 11 is 0. The predicted octanol–water partition coefficient (Wildman–Crippen LogP) is 0.890. The Hall–Kier alpha value is -1.64. The zero-order valence-electron chi connectivity index (χ0n) is 11.1. The highest BCUT2D eigenvalue weighted by Gasteiger charge is 2.24. The summed E-state index contributed by atoms with van der Waals surface area (Å²) in [4.78, 5) is 11.5. The fourth-order valence-electron chi connectivity index (χ4n) is 1.83. The summed E-state index contributed by atoms with van der Waals surface area (Å²) in [7, 11) is -2.17. The second-order valence-electron chi connectivity index (χ2n) is 4.24. The molecule has 1 saturated heterocycles. The predicted molar refractivity (Wildman–Crippen MR) is 70.9 cm³/mol. The SMILES string of the molecule is COC(=O)c1ccc(NS(C)(=O)=O)c(C2OCCO2)c1. The Morgan fingerprint density at radius 2 is 2.00 bits per heavy atom. The average molecular weight is 301 g/mol. The molecule has 0 aliphatic carbocycles. The fourth-order valence-corrected chi connectivity index (χ4v) is 2.42. The van der Waals surface area contributed by atoms with Crippen LogP contribution in [0.4, 0.5) is 5.69 Å². The molecule has 1 aliphatic rings. The molecule has 0 saturated carbocycles. The van der Waals surface area contributed by atoms with E-state index in [0.717, 1.165) is 6.26 Å². The molecule has 0 radical (unpaired) electrons. The number of esters is 1. The fraction of sp³-hybridized carbons (Fsp3) is 0.417. The van der Waals surface area contributed by atoms with E-state index in [9.17, 15) is 13.2 Å². The summed E-state index contributed by atoms with van der Waals surface area (Å²) < 4.78 is 40.4. The molecule has 1 aliphatic heterocycles. The lowest BCUT2D eigenvalue weighted by atomic mass is 10.1. The molecule has 1 heterocycles. The van der Waals surface area contributed by atoms with Gasteiger partial charge in [-0.15, -0.1) is 0 Å². The standard InChI is InChI=1S/C12H15NO6S/c1-17-11(14)8-3-4-10(13-20(2,15)16)9(7-8)12-18-5-6-19-12/h3-4,7,12-13H,5-6H2,1-2H3. The highest BCUT2D eigenvalue weighted by atomic mass is 32.2. The highest BCUT2D eigenvalue weighted by molar-refractivity contribution is 7.92. The first-order chi connectivity index (χ1) is 9.40. The third kappa shape index (κ3) is 3.47. The van der Waals surface area contributed by atoms with E-state index in [4.69, 9.17) is 9.47 Å². The van der Waals surface area contributed by atoms with Crippen molar-refractivity contribution < 1.29 is 27.4 Å². The van der Waals surface area contributed by atoms with E-state index < -0.39 is 22.3 Å². The summed E-state index contributed by atoms with van der Waals surface area (Å²) in [5.74, 6) is -0.518. The van der Waals surface area contributed by atoms with Crippen molar-refractivity contribution in [3.8, 4) is 0 Å². The molecule has 0 spiro atoms. The van der Waals surface area contributed by atoms with Gasteiger partial charge < -0.3 is 14.2 Å². The van der Waals surface area contributed by atoms with E-state index in [1.807, 2.05) is 0 Å². The highest BCUT2D eigenvalue weighted by Crippen LogP contribution is 2.31. The van der Waals surface area contributed by atoms with E-state index >= 15 is 0 Å². The second kappa shape index (κ2) is 5.78. The van der Waals surface area contributed by atoms with Crippen LogP contribution in [0.25, 0.3) is 0 Å². The first-order valence-corrected chi connectivity index (χ1v) is 7.73. The van der Waals surface area contributed by atoms with Gasteiger partial charge in [0.15, 0.2) is 6.29 Å². The molecule has 7 nitrogen and oxygen atoms in total. The minimum atomic E-state index is -3.45. The second-order valence-corrected chi connectivity index (χ2v) is 5.99. The van der Waals surface area contributed by atoms with Crippen LogP contribution in [0.3, 0.4) is 0 Å². The number of methoxy groups -OCH3 is 1. The van der Waals surface area contributed by atoms with Gasteiger partial charge in [-0.1, -0.05) is 0 Å². The van der Waals surface area contributed by atoms with Crippen LogP contribution in [-0.4, -0.2) is 41.0 Å². The number of ether oxygens (including phenoxy) is 3. The van der Waals surface area contributed by atoms with E-state index in [0.29, 0.717) is 30.0 Å². The first kappa shape index (κ1) is 14.8. The molecule has 0 aromatic heterocycles. The van der Waals surface area contributed by atoms with Gasteiger partial charge in [0.1, 0.15) is 0 Å². The van der Waals surface area contributed by atoms with Crippen LogP contribution < -0.4 is 4.72 Å². The largest absolute Gasteiger partial charge is 0.465 e. The third-order valence-corrected chi connectivity index (χ3v) is 3.23. The minimum absolute atomic E-state index is 0.292. The van der Waals surface area contributed by atoms with Crippen LogP contribution >= 0.6 is 0 Å². The van der Waals surface area contributed by atoms with E-state index in [1.165, 1.54) is 25.3 Å². The number of carbonyl (C=O) groups is 1. The Bertz CT molecular complexity index is 606. The Morgan fingerprint density at radius 1 is 1.35 bits per heavy atom. The zero-order valence-corrected chi connectivity index (χ0v) is 11.9. The lowest BCUT2D eigenvalue weighted by Crippen LogP contribution is -2.14. The molecule has 110 valence electrons. The van der Waals surface area contributed by atoms with Gasteiger partial charge in [-0.05, 0) is 18.2 Å². The molecule has 1 aromatic rings. The number of hydrogen-bond donors (Lipinski definition) is 1. The summed E-state index contributed by atoms with van der Waals surface area (Å²) in [6.45, 7) is 0.816.